The molecule has 0 saturated carbocycles. The van der Waals surface area contributed by atoms with Crippen molar-refractivity contribution in [2.75, 3.05) is 44.5 Å². The molecular formula is C25H33N3O3. The predicted octanol–water partition coefficient (Wildman–Crippen LogP) is 4.64. The fraction of sp³-hybridized carbons (Fsp3) is 0.400. The molecule has 0 aliphatic carbocycles. The number of piperidine rings is 1. The van der Waals surface area contributed by atoms with Crippen molar-refractivity contribution < 1.29 is 14.3 Å². The summed E-state index contributed by atoms with van der Waals surface area (Å²) in [4.78, 5) is 14.9. The van der Waals surface area contributed by atoms with Crippen molar-refractivity contribution in [2.24, 2.45) is 0 Å². The summed E-state index contributed by atoms with van der Waals surface area (Å²) in [6.45, 7) is 4.86. The van der Waals surface area contributed by atoms with Gasteiger partial charge in [0.25, 0.3) is 0 Å². The number of anilines is 2. The molecule has 6 heteroatoms. The third-order valence-electron chi connectivity index (χ3n) is 5.34. The fourth-order valence-electron chi connectivity index (χ4n) is 3.56. The molecule has 1 fully saturated rings. The molecule has 0 bridgehead atoms. The van der Waals surface area contributed by atoms with Gasteiger partial charge in [0, 0.05) is 12.1 Å². The number of nitrogens with one attached hydrogen (secondary N) is 2. The van der Waals surface area contributed by atoms with Gasteiger partial charge in [0.15, 0.2) is 11.5 Å². The fourth-order valence-corrected chi connectivity index (χ4v) is 3.56. The molecule has 2 N–H and O–H groups in total. The summed E-state index contributed by atoms with van der Waals surface area (Å²) in [5.74, 6) is 1.19. The molecule has 0 aromatic heterocycles. The molecule has 2 aromatic rings. The number of hydrogen-bond acceptors (Lipinski definition) is 5. The van der Waals surface area contributed by atoms with Crippen molar-refractivity contribution >= 4 is 23.4 Å². The lowest BCUT2D eigenvalue weighted by molar-refractivity contribution is -0.111. The highest BCUT2D eigenvalue weighted by Crippen LogP contribution is 2.29. The van der Waals surface area contributed by atoms with Crippen LogP contribution in [0.4, 0.5) is 11.4 Å². The monoisotopic (exact) mass is 423 g/mol. The van der Waals surface area contributed by atoms with E-state index in [-0.39, 0.29) is 5.91 Å². The van der Waals surface area contributed by atoms with E-state index in [1.165, 1.54) is 6.08 Å². The number of methoxy groups -OCH3 is 1. The van der Waals surface area contributed by atoms with Crippen molar-refractivity contribution in [1.82, 2.24) is 4.90 Å². The largest absolute Gasteiger partial charge is 0.493 e. The van der Waals surface area contributed by atoms with Gasteiger partial charge >= 0.3 is 0 Å². The van der Waals surface area contributed by atoms with Crippen molar-refractivity contribution in [2.45, 2.75) is 32.2 Å². The minimum atomic E-state index is -0.178. The number of carbonyl (C=O) groups excluding carboxylic acids is 1. The van der Waals surface area contributed by atoms with Crippen molar-refractivity contribution in [3.05, 3.63) is 54.1 Å². The predicted molar refractivity (Wildman–Crippen MR) is 127 cm³/mol. The summed E-state index contributed by atoms with van der Waals surface area (Å²) in [5.41, 5.74) is 2.61. The van der Waals surface area contributed by atoms with Gasteiger partial charge in [-0.25, -0.2) is 0 Å². The van der Waals surface area contributed by atoms with E-state index in [9.17, 15) is 4.79 Å². The van der Waals surface area contributed by atoms with Crippen LogP contribution in [0.15, 0.2) is 48.5 Å². The molecule has 1 amide bonds. The van der Waals surface area contributed by atoms with Gasteiger partial charge in [0.2, 0.25) is 5.91 Å². The van der Waals surface area contributed by atoms with Gasteiger partial charge in [0.05, 0.1) is 25.1 Å². The number of likely N-dealkylation sites (tertiary alicyclic amines) is 1. The van der Waals surface area contributed by atoms with E-state index < -0.39 is 0 Å². The first kappa shape index (κ1) is 22.7. The maximum absolute atomic E-state index is 12.5. The van der Waals surface area contributed by atoms with Crippen LogP contribution < -0.4 is 20.1 Å². The SMILES string of the molecule is CCCOc1ccc(/C=C/C(=O)Nc2ccccc2NC2CCN(C)CC2)cc1OC. The zero-order valence-electron chi connectivity index (χ0n) is 18.7. The molecule has 3 rings (SSSR count). The number of nitrogens with zero attached hydrogens (tertiary/aromatic N) is 1. The third-order valence-corrected chi connectivity index (χ3v) is 5.34. The molecule has 0 atom stereocenters. The van der Waals surface area contributed by atoms with Gasteiger partial charge in [-0.05, 0) is 75.3 Å². The number of hydrogen-bond donors (Lipinski definition) is 2. The van der Waals surface area contributed by atoms with Gasteiger partial charge < -0.3 is 25.0 Å². The maximum Gasteiger partial charge on any atom is 0.248 e. The minimum absolute atomic E-state index is 0.178. The summed E-state index contributed by atoms with van der Waals surface area (Å²) in [6, 6.07) is 13.9. The second-order valence-corrected chi connectivity index (χ2v) is 7.85. The van der Waals surface area contributed by atoms with E-state index in [1.807, 2.05) is 42.5 Å². The number of ether oxygens (including phenoxy) is 2. The standard InChI is InChI=1S/C25H33N3O3/c1-4-17-31-23-11-9-19(18-24(23)30-3)10-12-25(29)27-22-8-6-5-7-21(22)26-20-13-15-28(2)16-14-20/h5-12,18,20,26H,4,13-17H2,1-3H3,(H,27,29)/b12-10+. The van der Waals surface area contributed by atoms with Crippen LogP contribution in [-0.2, 0) is 4.79 Å². The second kappa shape index (κ2) is 11.4. The van der Waals surface area contributed by atoms with E-state index in [0.717, 1.165) is 49.3 Å². The Morgan fingerprint density at radius 3 is 2.58 bits per heavy atom. The third kappa shape index (κ3) is 6.76. The first-order valence-electron chi connectivity index (χ1n) is 10.9. The Labute approximate surface area is 185 Å². The Morgan fingerprint density at radius 2 is 1.87 bits per heavy atom. The van der Waals surface area contributed by atoms with Crippen LogP contribution in [0.5, 0.6) is 11.5 Å². The van der Waals surface area contributed by atoms with E-state index in [2.05, 4.69) is 29.5 Å². The Kier molecular flexibility index (Phi) is 8.35. The van der Waals surface area contributed by atoms with Crippen molar-refractivity contribution in [3.63, 3.8) is 0 Å². The van der Waals surface area contributed by atoms with Crippen LogP contribution in [0, 0.1) is 0 Å². The molecule has 2 aromatic carbocycles. The van der Waals surface area contributed by atoms with Gasteiger partial charge in [-0.1, -0.05) is 25.1 Å². The maximum atomic E-state index is 12.5. The van der Waals surface area contributed by atoms with Crippen LogP contribution in [0.25, 0.3) is 6.08 Å². The number of benzene rings is 2. The van der Waals surface area contributed by atoms with Crippen LogP contribution >= 0.6 is 0 Å². The molecule has 0 unspecified atom stereocenters. The van der Waals surface area contributed by atoms with Crippen LogP contribution in [0.2, 0.25) is 0 Å². The highest BCUT2D eigenvalue weighted by atomic mass is 16.5. The number of amides is 1. The molecule has 1 aliphatic heterocycles. The smallest absolute Gasteiger partial charge is 0.248 e. The first-order valence-corrected chi connectivity index (χ1v) is 10.9. The van der Waals surface area contributed by atoms with Crippen molar-refractivity contribution in [3.8, 4) is 11.5 Å². The first-order chi connectivity index (χ1) is 15.1. The number of rotatable bonds is 9. The Morgan fingerprint density at radius 1 is 1.13 bits per heavy atom. The van der Waals surface area contributed by atoms with Gasteiger partial charge in [-0.3, -0.25) is 4.79 Å². The van der Waals surface area contributed by atoms with E-state index in [1.54, 1.807) is 13.2 Å². The molecule has 0 spiro atoms. The van der Waals surface area contributed by atoms with E-state index in [4.69, 9.17) is 9.47 Å². The normalized spacial score (nSPS) is 15.1. The molecular weight excluding hydrogens is 390 g/mol. The van der Waals surface area contributed by atoms with E-state index in [0.29, 0.717) is 24.1 Å². The summed E-state index contributed by atoms with van der Waals surface area (Å²) < 4.78 is 11.1. The quantitative estimate of drug-likeness (QED) is 0.575. The molecule has 31 heavy (non-hydrogen) atoms. The molecule has 166 valence electrons. The van der Waals surface area contributed by atoms with Gasteiger partial charge in [0.1, 0.15) is 0 Å². The highest BCUT2D eigenvalue weighted by Gasteiger charge is 2.17. The van der Waals surface area contributed by atoms with Gasteiger partial charge in [-0.2, -0.15) is 0 Å². The van der Waals surface area contributed by atoms with Crippen LogP contribution in [0.1, 0.15) is 31.7 Å². The number of carbonyl (C=O) groups is 1. The molecule has 1 heterocycles. The summed E-state index contributed by atoms with van der Waals surface area (Å²) in [5, 5.41) is 6.58. The molecule has 1 aliphatic rings. The lowest BCUT2D eigenvalue weighted by atomic mass is 10.0. The lowest BCUT2D eigenvalue weighted by Crippen LogP contribution is -2.36. The minimum Gasteiger partial charge on any atom is -0.493 e. The van der Waals surface area contributed by atoms with Crippen LogP contribution in [-0.4, -0.2) is 50.7 Å². The summed E-state index contributed by atoms with van der Waals surface area (Å²) in [7, 11) is 3.76. The van der Waals surface area contributed by atoms with Gasteiger partial charge in [-0.15, -0.1) is 0 Å². The van der Waals surface area contributed by atoms with E-state index >= 15 is 0 Å². The average molecular weight is 424 g/mol. The Balaban J connectivity index is 1.62. The summed E-state index contributed by atoms with van der Waals surface area (Å²) in [6.07, 6.45) is 6.43. The zero-order valence-corrected chi connectivity index (χ0v) is 18.7. The van der Waals surface area contributed by atoms with Crippen LogP contribution in [0.3, 0.4) is 0 Å². The topological polar surface area (TPSA) is 62.8 Å². The number of para-hydroxylation sites is 2. The molecule has 1 saturated heterocycles. The highest BCUT2D eigenvalue weighted by molar-refractivity contribution is 6.03. The molecule has 6 nitrogen and oxygen atoms in total. The zero-order chi connectivity index (χ0) is 22.1. The average Bonchev–Trinajstić information content (AvgIpc) is 2.79. The Bertz CT molecular complexity index is 889. The molecule has 0 radical (unpaired) electrons. The second-order valence-electron chi connectivity index (χ2n) is 7.85. The summed E-state index contributed by atoms with van der Waals surface area (Å²) >= 11 is 0. The van der Waals surface area contributed by atoms with Crippen molar-refractivity contribution in [1.29, 1.82) is 0 Å². The Hall–Kier alpha value is -2.99. The lowest BCUT2D eigenvalue weighted by Gasteiger charge is -2.30.